The lowest BCUT2D eigenvalue weighted by molar-refractivity contribution is -0.0102. The summed E-state index contributed by atoms with van der Waals surface area (Å²) < 4.78 is 0. The van der Waals surface area contributed by atoms with Gasteiger partial charge in [0.15, 0.2) is 0 Å². The molecule has 1 fully saturated rings. The maximum atomic E-state index is 12.1. The van der Waals surface area contributed by atoms with Crippen molar-refractivity contribution >= 4 is 104 Å². The molecule has 1 amide bonds. The molecular formula is C16H16B11N5O2. The number of anilines is 2. The molecular weight excluding hydrogens is 413 g/mol. The third kappa shape index (κ3) is 4.30. The molecule has 22 radical (unpaired) electrons. The first-order chi connectivity index (χ1) is 14.8. The van der Waals surface area contributed by atoms with Gasteiger partial charge in [-0.3, -0.25) is 4.79 Å². The predicted octanol–water partition coefficient (Wildman–Crippen LogP) is -3.51. The summed E-state index contributed by atoms with van der Waals surface area (Å²) >= 11 is 0. The van der Waals surface area contributed by atoms with Gasteiger partial charge in [-0.15, -0.1) is 10.3 Å². The number of hydrogen-bond acceptors (Lipinski definition) is 6. The van der Waals surface area contributed by atoms with Crippen molar-refractivity contribution in [1.82, 2.24) is 9.97 Å². The summed E-state index contributed by atoms with van der Waals surface area (Å²) in [6.07, 6.45) is 1.10. The van der Waals surface area contributed by atoms with Crippen LogP contribution in [0.4, 0.5) is 11.8 Å². The molecule has 7 nitrogen and oxygen atoms in total. The number of primary amides is 1. The fraction of sp³-hybridized carbons (Fsp3) is 0.688. The van der Waals surface area contributed by atoms with Gasteiger partial charge in [-0.05, 0) is 32.1 Å². The summed E-state index contributed by atoms with van der Waals surface area (Å²) in [5.41, 5.74) is -0.839. The zero-order valence-corrected chi connectivity index (χ0v) is 19.3. The summed E-state index contributed by atoms with van der Waals surface area (Å²) in [5.74, 6) is -3.19. The average molecular weight is 429 g/mol. The first-order valence-corrected chi connectivity index (χ1v) is 9.98. The Labute approximate surface area is 215 Å². The van der Waals surface area contributed by atoms with E-state index in [9.17, 15) is 9.90 Å². The number of aliphatic hydroxyl groups is 1. The molecule has 1 aliphatic rings. The molecule has 0 aromatic carbocycles. The molecule has 1 aliphatic carbocycles. The molecule has 0 bridgehead atoms. The summed E-state index contributed by atoms with van der Waals surface area (Å²) in [6, 6.07) is 0. The number of rotatable bonds is 5. The minimum absolute atomic E-state index is 0.0382. The standard InChI is InChI=1S/C16H16B11N5O2/c1-10(2,3)32-9-29-4-5(6(28)33)7(30-9)31-16(27)14(23,24)11(17,18)8(13(20,21)22)12(19,34)15(16,25)26/h4,8,34H,1-3H3,(H2,28,33)(H2,29,30,31,32). The van der Waals surface area contributed by atoms with Crippen LogP contribution in [0.3, 0.4) is 0 Å². The van der Waals surface area contributed by atoms with E-state index in [1.807, 2.05) is 20.8 Å². The smallest absolute Gasteiger partial charge is 0.254 e. The van der Waals surface area contributed by atoms with Crippen molar-refractivity contribution in [3.63, 3.8) is 0 Å². The third-order valence-corrected chi connectivity index (χ3v) is 5.96. The third-order valence-electron chi connectivity index (χ3n) is 5.96. The minimum Gasteiger partial charge on any atom is -0.400 e. The van der Waals surface area contributed by atoms with E-state index in [4.69, 9.17) is 92.0 Å². The van der Waals surface area contributed by atoms with Crippen LogP contribution >= 0.6 is 0 Å². The largest absolute Gasteiger partial charge is 0.400 e. The zero-order valence-electron chi connectivity index (χ0n) is 19.3. The van der Waals surface area contributed by atoms with Gasteiger partial charge in [0.05, 0.1) is 76.2 Å². The number of nitrogens with one attached hydrogen (secondary N) is 2. The first-order valence-electron chi connectivity index (χ1n) is 9.98. The molecule has 0 spiro atoms. The highest BCUT2D eigenvalue weighted by Crippen LogP contribution is 2.72. The molecule has 1 saturated carbocycles. The molecule has 34 heavy (non-hydrogen) atoms. The van der Waals surface area contributed by atoms with E-state index >= 15 is 0 Å². The summed E-state index contributed by atoms with van der Waals surface area (Å²) in [5, 5.41) is 6.55. The summed E-state index contributed by atoms with van der Waals surface area (Å²) in [6.45, 7) is 5.49. The van der Waals surface area contributed by atoms with Crippen LogP contribution in [0.25, 0.3) is 0 Å². The average Bonchev–Trinajstić information content (AvgIpc) is 2.56. The Balaban J connectivity index is 2.80. The molecule has 1 aromatic rings. The van der Waals surface area contributed by atoms with Crippen LogP contribution in [0, 0.1) is 5.92 Å². The number of aromatic nitrogens is 2. The van der Waals surface area contributed by atoms with Crippen molar-refractivity contribution in [1.29, 1.82) is 0 Å². The Bertz CT molecular complexity index is 947. The van der Waals surface area contributed by atoms with Gasteiger partial charge in [-0.25, -0.2) is 4.98 Å². The fourth-order valence-electron chi connectivity index (χ4n) is 4.08. The highest BCUT2D eigenvalue weighted by molar-refractivity contribution is 6.65. The van der Waals surface area contributed by atoms with Crippen molar-refractivity contribution < 1.29 is 9.90 Å². The summed E-state index contributed by atoms with van der Waals surface area (Å²) in [4.78, 5) is 20.3. The van der Waals surface area contributed by atoms with E-state index in [0.717, 1.165) is 6.20 Å². The highest BCUT2D eigenvalue weighted by Gasteiger charge is 2.70. The van der Waals surface area contributed by atoms with Crippen LogP contribution in [0.5, 0.6) is 0 Å². The zero-order chi connectivity index (χ0) is 26.9. The second-order valence-electron chi connectivity index (χ2n) is 10.1. The lowest BCUT2D eigenvalue weighted by atomic mass is 9.05. The van der Waals surface area contributed by atoms with Gasteiger partial charge in [0.1, 0.15) is 21.5 Å². The van der Waals surface area contributed by atoms with Gasteiger partial charge < -0.3 is 21.5 Å². The summed E-state index contributed by atoms with van der Waals surface area (Å²) in [7, 11) is 67.3. The van der Waals surface area contributed by atoms with E-state index in [-0.39, 0.29) is 17.3 Å². The second kappa shape index (κ2) is 8.17. The monoisotopic (exact) mass is 431 g/mol. The fourth-order valence-corrected chi connectivity index (χ4v) is 4.08. The number of carbonyl (C=O) groups is 1. The molecule has 2 rings (SSSR count). The molecule has 3 atom stereocenters. The van der Waals surface area contributed by atoms with E-state index < -0.39 is 49.1 Å². The second-order valence-corrected chi connectivity index (χ2v) is 10.1. The normalized spacial score (nSPS) is 30.2. The lowest BCUT2D eigenvalue weighted by Gasteiger charge is -2.78. The number of nitrogens with two attached hydrogens (primary N) is 1. The van der Waals surface area contributed by atoms with E-state index in [1.165, 1.54) is 0 Å². The molecule has 1 heterocycles. The van der Waals surface area contributed by atoms with Crippen LogP contribution in [0.1, 0.15) is 31.1 Å². The van der Waals surface area contributed by atoms with Gasteiger partial charge >= 0.3 is 0 Å². The number of nitrogens with zero attached hydrogens (tertiary/aromatic N) is 2. The lowest BCUT2D eigenvalue weighted by Crippen LogP contribution is -2.79. The Morgan fingerprint density at radius 2 is 1.53 bits per heavy atom. The van der Waals surface area contributed by atoms with Gasteiger partial charge in [0.2, 0.25) is 5.95 Å². The topological polar surface area (TPSA) is 113 Å². The molecule has 1 aromatic heterocycles. The number of hydrogen-bond donors (Lipinski definition) is 4. The van der Waals surface area contributed by atoms with Crippen molar-refractivity contribution in [2.24, 2.45) is 11.7 Å². The van der Waals surface area contributed by atoms with Crippen molar-refractivity contribution in [2.75, 3.05) is 10.6 Å². The van der Waals surface area contributed by atoms with Crippen LogP contribution in [-0.2, 0) is 0 Å². The molecule has 3 unspecified atom stereocenters. The SMILES string of the molecule is [B]C([B])([B])C1C([B])([B])C([B])([B])C([B])(Nc2nc(NC(C)(C)C)ncc2C(N)=O)C([B])([B])C1([B])O. The highest BCUT2D eigenvalue weighted by atomic mass is 16.3. The van der Waals surface area contributed by atoms with Gasteiger partial charge in [0.25, 0.3) is 5.91 Å². The Kier molecular flexibility index (Phi) is 6.99. The Morgan fingerprint density at radius 1 is 1.03 bits per heavy atom. The molecule has 150 valence electrons. The van der Waals surface area contributed by atoms with Crippen LogP contribution in [-0.4, -0.2) is 124 Å². The predicted molar refractivity (Wildman–Crippen MR) is 143 cm³/mol. The quantitative estimate of drug-likeness (QED) is 0.362. The van der Waals surface area contributed by atoms with Crippen molar-refractivity contribution in [3.8, 4) is 0 Å². The van der Waals surface area contributed by atoms with Crippen LogP contribution in [0.2, 0.25) is 20.8 Å². The Morgan fingerprint density at radius 3 is 1.94 bits per heavy atom. The van der Waals surface area contributed by atoms with Gasteiger partial charge in [-0.2, -0.15) is 4.98 Å². The molecule has 0 aliphatic heterocycles. The maximum Gasteiger partial charge on any atom is 0.254 e. The maximum absolute atomic E-state index is 12.1. The Hall–Kier alpha value is -1.18. The number of carbonyl (C=O) groups excluding carboxylic acids is 1. The van der Waals surface area contributed by atoms with Gasteiger partial charge in [-0.1, -0.05) is 10.4 Å². The van der Waals surface area contributed by atoms with E-state index in [1.54, 1.807) is 0 Å². The molecule has 18 heteroatoms. The van der Waals surface area contributed by atoms with Crippen molar-refractivity contribution in [2.45, 2.75) is 58.0 Å². The number of amides is 1. The van der Waals surface area contributed by atoms with E-state index in [0.29, 0.717) is 0 Å². The molecule has 5 N–H and O–H groups in total. The first kappa shape index (κ1) is 29.1. The van der Waals surface area contributed by atoms with E-state index in [2.05, 4.69) is 20.6 Å². The van der Waals surface area contributed by atoms with Crippen molar-refractivity contribution in [3.05, 3.63) is 11.8 Å². The van der Waals surface area contributed by atoms with Crippen LogP contribution in [0.15, 0.2) is 6.20 Å². The van der Waals surface area contributed by atoms with Gasteiger partial charge in [0, 0.05) is 17.2 Å². The minimum atomic E-state index is -2.90. The molecule has 0 saturated heterocycles. The van der Waals surface area contributed by atoms with Crippen LogP contribution < -0.4 is 16.4 Å².